The minimum absolute atomic E-state index is 0.326. The number of nitrogens with zero attached hydrogens (tertiary/aromatic N) is 2. The molecule has 1 aromatic heterocycles. The lowest BCUT2D eigenvalue weighted by Crippen LogP contribution is -2.07. The quantitative estimate of drug-likeness (QED) is 0.535. The molecule has 0 aliphatic rings. The van der Waals surface area contributed by atoms with Gasteiger partial charge in [0.25, 0.3) is 0 Å². The van der Waals surface area contributed by atoms with Gasteiger partial charge in [0, 0.05) is 6.08 Å². The molecule has 0 aliphatic carbocycles. The minimum Gasteiger partial charge on any atom is -0.297 e. The number of thioether (sulfide) groups is 1. The smallest absolute Gasteiger partial charge is 0.250 e. The average Bonchev–Trinajstić information content (AvgIpc) is 2.84. The number of nitrogens with one attached hydrogen (secondary N) is 1. The Morgan fingerprint density at radius 2 is 2.32 bits per heavy atom. The average molecular weight is 295 g/mol. The van der Waals surface area contributed by atoms with Crippen molar-refractivity contribution in [2.24, 2.45) is 0 Å². The van der Waals surface area contributed by atoms with E-state index in [1.807, 2.05) is 6.26 Å². The van der Waals surface area contributed by atoms with Gasteiger partial charge in [0.15, 0.2) is 4.34 Å². The molecule has 1 aromatic carbocycles. The van der Waals surface area contributed by atoms with Gasteiger partial charge in [-0.15, -0.1) is 10.2 Å². The Kier molecular flexibility index (Phi) is 4.64. The first kappa shape index (κ1) is 13.7. The van der Waals surface area contributed by atoms with Crippen molar-refractivity contribution in [3.63, 3.8) is 0 Å². The van der Waals surface area contributed by atoms with E-state index in [1.165, 1.54) is 47.4 Å². The van der Waals surface area contributed by atoms with Crippen molar-refractivity contribution >= 4 is 40.2 Å². The van der Waals surface area contributed by atoms with Gasteiger partial charge in [0.05, 0.1) is 0 Å². The number of rotatable bonds is 4. The molecule has 98 valence electrons. The maximum absolute atomic E-state index is 12.9. The normalized spacial score (nSPS) is 10.8. The van der Waals surface area contributed by atoms with Crippen LogP contribution in [0.2, 0.25) is 0 Å². The Hall–Kier alpha value is -1.73. The second-order valence-electron chi connectivity index (χ2n) is 3.45. The van der Waals surface area contributed by atoms with E-state index in [0.717, 1.165) is 4.34 Å². The highest BCUT2D eigenvalue weighted by Gasteiger charge is 2.04. The number of aromatic nitrogens is 2. The van der Waals surface area contributed by atoms with Gasteiger partial charge in [-0.1, -0.05) is 35.2 Å². The molecule has 4 nitrogen and oxygen atoms in total. The molecular formula is C12H10FN3OS2. The molecule has 0 spiro atoms. The van der Waals surface area contributed by atoms with Gasteiger partial charge in [-0.2, -0.15) is 0 Å². The molecule has 19 heavy (non-hydrogen) atoms. The lowest BCUT2D eigenvalue weighted by atomic mass is 10.2. The monoisotopic (exact) mass is 295 g/mol. The van der Waals surface area contributed by atoms with Crippen LogP contribution in [0, 0.1) is 5.82 Å². The number of carbonyl (C=O) groups excluding carboxylic acids is 1. The molecule has 0 radical (unpaired) electrons. The Morgan fingerprint density at radius 3 is 3.00 bits per heavy atom. The Labute approximate surface area is 117 Å². The summed E-state index contributed by atoms with van der Waals surface area (Å²) in [5.41, 5.74) is 0.622. The second-order valence-corrected chi connectivity index (χ2v) is 5.49. The van der Waals surface area contributed by atoms with Crippen molar-refractivity contribution in [3.05, 3.63) is 41.7 Å². The molecule has 2 rings (SSSR count). The Bertz CT molecular complexity index is 613. The molecular weight excluding hydrogens is 285 g/mol. The van der Waals surface area contributed by atoms with Gasteiger partial charge in [0.1, 0.15) is 5.82 Å². The molecule has 0 atom stereocenters. The van der Waals surface area contributed by atoms with E-state index in [4.69, 9.17) is 0 Å². The first-order valence-corrected chi connectivity index (χ1v) is 7.33. The highest BCUT2D eigenvalue weighted by Crippen LogP contribution is 2.22. The van der Waals surface area contributed by atoms with Gasteiger partial charge < -0.3 is 0 Å². The van der Waals surface area contributed by atoms with Crippen molar-refractivity contribution in [2.75, 3.05) is 11.6 Å². The minimum atomic E-state index is -0.337. The predicted molar refractivity (Wildman–Crippen MR) is 75.8 cm³/mol. The predicted octanol–water partition coefficient (Wildman–Crippen LogP) is 3.05. The summed E-state index contributed by atoms with van der Waals surface area (Å²) in [5, 5.41) is 10.7. The van der Waals surface area contributed by atoms with Gasteiger partial charge in [-0.05, 0) is 30.0 Å². The zero-order valence-corrected chi connectivity index (χ0v) is 11.6. The van der Waals surface area contributed by atoms with E-state index >= 15 is 0 Å². The van der Waals surface area contributed by atoms with Crippen LogP contribution in [0.4, 0.5) is 9.52 Å². The van der Waals surface area contributed by atoms with Gasteiger partial charge in [-0.25, -0.2) is 4.39 Å². The SMILES string of the molecule is CSc1nnc(NC(=O)/C=C/c2cccc(F)c2)s1. The number of amides is 1. The van der Waals surface area contributed by atoms with Crippen molar-refractivity contribution in [1.29, 1.82) is 0 Å². The van der Waals surface area contributed by atoms with Crippen LogP contribution in [0.3, 0.4) is 0 Å². The van der Waals surface area contributed by atoms with E-state index in [1.54, 1.807) is 12.1 Å². The van der Waals surface area contributed by atoms with Crippen LogP contribution in [-0.4, -0.2) is 22.4 Å². The van der Waals surface area contributed by atoms with Crippen LogP contribution in [0.5, 0.6) is 0 Å². The lowest BCUT2D eigenvalue weighted by molar-refractivity contribution is -0.111. The number of hydrogen-bond donors (Lipinski definition) is 1. The van der Waals surface area contributed by atoms with Crippen LogP contribution in [0.15, 0.2) is 34.7 Å². The van der Waals surface area contributed by atoms with E-state index < -0.39 is 0 Å². The summed E-state index contributed by atoms with van der Waals surface area (Å²) in [6.07, 6.45) is 4.75. The van der Waals surface area contributed by atoms with Crippen molar-refractivity contribution in [1.82, 2.24) is 10.2 Å². The standard InChI is InChI=1S/C12H10FN3OS2/c1-18-12-16-15-11(19-12)14-10(17)6-5-8-3-2-4-9(13)7-8/h2-7H,1H3,(H,14,15,17)/b6-5+. The Balaban J connectivity index is 1.97. The first-order valence-electron chi connectivity index (χ1n) is 5.29. The van der Waals surface area contributed by atoms with Gasteiger partial charge in [-0.3, -0.25) is 10.1 Å². The molecule has 0 aliphatic heterocycles. The summed E-state index contributed by atoms with van der Waals surface area (Å²) in [7, 11) is 0. The van der Waals surface area contributed by atoms with Crippen LogP contribution in [0.1, 0.15) is 5.56 Å². The summed E-state index contributed by atoms with van der Waals surface area (Å²) in [6, 6.07) is 6.00. The van der Waals surface area contributed by atoms with Crippen LogP contribution < -0.4 is 5.32 Å². The molecule has 2 aromatic rings. The van der Waals surface area contributed by atoms with E-state index in [2.05, 4.69) is 15.5 Å². The maximum atomic E-state index is 12.9. The topological polar surface area (TPSA) is 54.9 Å². The van der Waals surface area contributed by atoms with Crippen molar-refractivity contribution in [3.8, 4) is 0 Å². The Morgan fingerprint density at radius 1 is 1.47 bits per heavy atom. The maximum Gasteiger partial charge on any atom is 0.250 e. The fourth-order valence-corrected chi connectivity index (χ4v) is 2.44. The summed E-state index contributed by atoms with van der Waals surface area (Å²) in [6.45, 7) is 0. The molecule has 1 N–H and O–H groups in total. The molecule has 0 bridgehead atoms. The zero-order valence-electron chi connectivity index (χ0n) is 9.96. The van der Waals surface area contributed by atoms with Crippen molar-refractivity contribution in [2.45, 2.75) is 4.34 Å². The number of anilines is 1. The highest BCUT2D eigenvalue weighted by atomic mass is 32.2. The van der Waals surface area contributed by atoms with E-state index in [-0.39, 0.29) is 11.7 Å². The second kappa shape index (κ2) is 6.44. The van der Waals surface area contributed by atoms with E-state index in [0.29, 0.717) is 10.7 Å². The zero-order chi connectivity index (χ0) is 13.7. The fraction of sp³-hybridized carbons (Fsp3) is 0.0833. The van der Waals surface area contributed by atoms with Crippen LogP contribution in [-0.2, 0) is 4.79 Å². The largest absolute Gasteiger partial charge is 0.297 e. The number of benzene rings is 1. The van der Waals surface area contributed by atoms with E-state index in [9.17, 15) is 9.18 Å². The molecule has 0 unspecified atom stereocenters. The molecule has 1 heterocycles. The lowest BCUT2D eigenvalue weighted by Gasteiger charge is -1.95. The number of hydrogen-bond acceptors (Lipinski definition) is 5. The third-order valence-corrected chi connectivity index (χ3v) is 3.90. The number of halogens is 1. The molecule has 0 saturated carbocycles. The fourth-order valence-electron chi connectivity index (χ4n) is 1.27. The molecule has 7 heteroatoms. The molecule has 1 amide bonds. The summed E-state index contributed by atoms with van der Waals surface area (Å²) < 4.78 is 13.7. The third kappa shape index (κ3) is 4.15. The van der Waals surface area contributed by atoms with Gasteiger partial charge in [0.2, 0.25) is 11.0 Å². The summed E-state index contributed by atoms with van der Waals surface area (Å²) >= 11 is 2.76. The summed E-state index contributed by atoms with van der Waals surface area (Å²) in [5.74, 6) is -0.663. The third-order valence-electron chi connectivity index (χ3n) is 2.09. The highest BCUT2D eigenvalue weighted by molar-refractivity contribution is 8.00. The van der Waals surface area contributed by atoms with Gasteiger partial charge >= 0.3 is 0 Å². The number of carbonyl (C=O) groups is 1. The van der Waals surface area contributed by atoms with Crippen LogP contribution in [0.25, 0.3) is 6.08 Å². The van der Waals surface area contributed by atoms with Crippen molar-refractivity contribution < 1.29 is 9.18 Å². The first-order chi connectivity index (χ1) is 9.17. The summed E-state index contributed by atoms with van der Waals surface area (Å²) in [4.78, 5) is 11.6. The van der Waals surface area contributed by atoms with Crippen LogP contribution >= 0.6 is 23.1 Å². The molecule has 0 fully saturated rings. The molecule has 0 saturated heterocycles.